The van der Waals surface area contributed by atoms with Gasteiger partial charge in [-0.1, -0.05) is 12.6 Å². The molecule has 0 aliphatic carbocycles. The molecule has 0 amide bonds. The van der Waals surface area contributed by atoms with E-state index >= 15 is 0 Å². The van der Waals surface area contributed by atoms with Crippen molar-refractivity contribution in [3.8, 4) is 17.1 Å². The fourth-order valence-electron chi connectivity index (χ4n) is 4.39. The summed E-state index contributed by atoms with van der Waals surface area (Å²) in [6.07, 6.45) is 3.73. The first kappa shape index (κ1) is 26.6. The fourth-order valence-corrected chi connectivity index (χ4v) is 4.39. The van der Waals surface area contributed by atoms with Crippen LogP contribution in [0.5, 0.6) is 5.75 Å². The van der Waals surface area contributed by atoms with Gasteiger partial charge in [-0.3, -0.25) is 14.6 Å². The van der Waals surface area contributed by atoms with Crippen LogP contribution in [0.4, 0.5) is 17.2 Å². The van der Waals surface area contributed by atoms with Crippen LogP contribution in [0.25, 0.3) is 22.4 Å². The first-order valence-corrected chi connectivity index (χ1v) is 12.6. The molecular formula is C26H31N11O3. The number of fused-ring (bicyclic) bond motifs is 1. The molecule has 0 saturated carbocycles. The molecule has 1 aliphatic rings. The van der Waals surface area contributed by atoms with Crippen LogP contribution in [-0.2, 0) is 18.8 Å². The molecule has 3 aromatic heterocycles. The molecule has 1 aromatic carbocycles. The highest BCUT2D eigenvalue weighted by atomic mass is 16.5. The summed E-state index contributed by atoms with van der Waals surface area (Å²) < 4.78 is 12.5. The normalized spacial score (nSPS) is 14.4. The Balaban J connectivity index is 1.51. The number of para-hydroxylation sites is 1. The summed E-state index contributed by atoms with van der Waals surface area (Å²) in [6, 6.07) is 7.28. The number of aryl methyl sites for hydroxylation is 2. The summed E-state index contributed by atoms with van der Waals surface area (Å²) in [4.78, 5) is 25.9. The number of benzene rings is 1. The molecular weight excluding hydrogens is 514 g/mol. The highest BCUT2D eigenvalue weighted by molar-refractivity contribution is 5.95. The summed E-state index contributed by atoms with van der Waals surface area (Å²) >= 11 is 0. The Morgan fingerprint density at radius 2 is 2.05 bits per heavy atom. The van der Waals surface area contributed by atoms with E-state index in [2.05, 4.69) is 47.6 Å². The first-order chi connectivity index (χ1) is 19.3. The SMILES string of the molecule is C=CC(=N/C(=C\C)Nc1cc(Nc2cccc(-c3nnn(C)n3)c2OC)c2c(=O)n(C)[nH]c2n1)N1CC(OC)C1. The zero-order valence-electron chi connectivity index (χ0n) is 23.0. The molecule has 14 nitrogen and oxygen atoms in total. The van der Waals surface area contributed by atoms with E-state index in [0.717, 1.165) is 18.9 Å². The van der Waals surface area contributed by atoms with Gasteiger partial charge in [0.15, 0.2) is 11.4 Å². The Hall–Kier alpha value is -4.98. The van der Waals surface area contributed by atoms with Crippen molar-refractivity contribution in [2.24, 2.45) is 19.1 Å². The van der Waals surface area contributed by atoms with Crippen molar-refractivity contribution in [2.75, 3.05) is 37.9 Å². The summed E-state index contributed by atoms with van der Waals surface area (Å²) in [6.45, 7) is 7.27. The van der Waals surface area contributed by atoms with E-state index in [1.54, 1.807) is 40.5 Å². The van der Waals surface area contributed by atoms with E-state index in [-0.39, 0.29) is 11.7 Å². The molecule has 208 valence electrons. The van der Waals surface area contributed by atoms with Gasteiger partial charge in [-0.15, -0.1) is 10.2 Å². The maximum absolute atomic E-state index is 13.0. The number of hydrogen-bond acceptors (Lipinski definition) is 10. The van der Waals surface area contributed by atoms with Crippen molar-refractivity contribution in [1.29, 1.82) is 0 Å². The Labute approximate surface area is 230 Å². The van der Waals surface area contributed by atoms with Crippen LogP contribution < -0.4 is 20.9 Å². The molecule has 14 heteroatoms. The van der Waals surface area contributed by atoms with E-state index in [9.17, 15) is 4.79 Å². The van der Waals surface area contributed by atoms with Gasteiger partial charge >= 0.3 is 0 Å². The van der Waals surface area contributed by atoms with Crippen LogP contribution in [-0.4, -0.2) is 79.1 Å². The predicted octanol–water partition coefficient (Wildman–Crippen LogP) is 2.39. The monoisotopic (exact) mass is 545 g/mol. The molecule has 4 aromatic rings. The van der Waals surface area contributed by atoms with Crippen LogP contribution in [0.2, 0.25) is 0 Å². The van der Waals surface area contributed by atoms with E-state index in [4.69, 9.17) is 14.5 Å². The lowest BCUT2D eigenvalue weighted by molar-refractivity contribution is 0.00628. The molecule has 4 heterocycles. The lowest BCUT2D eigenvalue weighted by Gasteiger charge is -2.39. The van der Waals surface area contributed by atoms with E-state index in [1.165, 1.54) is 9.48 Å². The topological polar surface area (TPSA) is 152 Å². The van der Waals surface area contributed by atoms with Crippen molar-refractivity contribution in [2.45, 2.75) is 13.0 Å². The molecule has 3 N–H and O–H groups in total. The second-order valence-electron chi connectivity index (χ2n) is 9.10. The summed E-state index contributed by atoms with van der Waals surface area (Å²) in [5.41, 5.74) is 1.95. The molecule has 5 rings (SSSR count). The molecule has 40 heavy (non-hydrogen) atoms. The van der Waals surface area contributed by atoms with Crippen LogP contribution in [0, 0.1) is 0 Å². The Bertz CT molecular complexity index is 1670. The number of amidine groups is 1. The molecule has 1 saturated heterocycles. The first-order valence-electron chi connectivity index (χ1n) is 12.6. The third-order valence-electron chi connectivity index (χ3n) is 6.50. The van der Waals surface area contributed by atoms with E-state index < -0.39 is 0 Å². The molecule has 1 aliphatic heterocycles. The minimum absolute atomic E-state index is 0.181. The fraction of sp³-hybridized carbons (Fsp3) is 0.308. The van der Waals surface area contributed by atoms with Gasteiger partial charge in [-0.25, -0.2) is 9.98 Å². The highest BCUT2D eigenvalue weighted by Crippen LogP contribution is 2.37. The van der Waals surface area contributed by atoms with Gasteiger partial charge < -0.3 is 25.0 Å². The number of aliphatic imine (C=N–C) groups is 1. The van der Waals surface area contributed by atoms with Crippen LogP contribution in [0.1, 0.15) is 6.92 Å². The average Bonchev–Trinajstić information content (AvgIpc) is 3.48. The largest absolute Gasteiger partial charge is 0.494 e. The Morgan fingerprint density at radius 3 is 2.70 bits per heavy atom. The van der Waals surface area contributed by atoms with Gasteiger partial charge in [-0.05, 0) is 36.4 Å². The number of nitrogens with zero attached hydrogens (tertiary/aromatic N) is 8. The summed E-state index contributed by atoms with van der Waals surface area (Å²) in [5, 5.41) is 22.3. The predicted molar refractivity (Wildman–Crippen MR) is 153 cm³/mol. The molecule has 1 fully saturated rings. The number of H-pyrrole nitrogens is 1. The Morgan fingerprint density at radius 1 is 1.25 bits per heavy atom. The number of likely N-dealkylation sites (tertiary alicyclic amines) is 1. The lowest BCUT2D eigenvalue weighted by Crippen LogP contribution is -2.54. The second kappa shape index (κ2) is 11.0. The van der Waals surface area contributed by atoms with Crippen molar-refractivity contribution in [3.05, 3.63) is 59.2 Å². The standard InChI is InChI=1S/C26H31N11O3/c1-7-19(29-21(8-2)37-13-15(14-37)39-5)28-20-12-18(22-25(30-20)32-35(3)26(22)38)27-17-11-9-10-16(23(17)40-6)24-31-34-36(4)33-24/h7-12,15H,2,13-14H2,1,3-6H3,(H3,27,28,30,32)/b19-7-,29-21?. The Kier molecular flexibility index (Phi) is 7.33. The number of hydrogen-bond donors (Lipinski definition) is 3. The van der Waals surface area contributed by atoms with Crippen molar-refractivity contribution in [1.82, 2.24) is 39.9 Å². The summed E-state index contributed by atoms with van der Waals surface area (Å²) in [5.74, 6) is 2.68. The summed E-state index contributed by atoms with van der Waals surface area (Å²) in [7, 11) is 6.59. The van der Waals surface area contributed by atoms with Crippen LogP contribution in [0.3, 0.4) is 0 Å². The van der Waals surface area contributed by atoms with Gasteiger partial charge in [0, 0.05) is 33.3 Å². The van der Waals surface area contributed by atoms with Crippen molar-refractivity contribution in [3.63, 3.8) is 0 Å². The average molecular weight is 546 g/mol. The molecule has 0 spiro atoms. The maximum atomic E-state index is 13.0. The number of methoxy groups -OCH3 is 2. The van der Waals surface area contributed by atoms with Crippen LogP contribution >= 0.6 is 0 Å². The van der Waals surface area contributed by atoms with E-state index in [0.29, 0.717) is 51.2 Å². The smallest absolute Gasteiger partial charge is 0.277 e. The van der Waals surface area contributed by atoms with Crippen molar-refractivity contribution >= 4 is 34.1 Å². The molecule has 0 bridgehead atoms. The number of rotatable bonds is 9. The number of pyridine rings is 1. The van der Waals surface area contributed by atoms with Gasteiger partial charge in [0.25, 0.3) is 5.56 Å². The number of aromatic amines is 1. The number of allylic oxidation sites excluding steroid dienone is 1. The minimum atomic E-state index is -0.231. The number of nitrogens with one attached hydrogen (secondary N) is 3. The highest BCUT2D eigenvalue weighted by Gasteiger charge is 2.28. The number of anilines is 3. The van der Waals surface area contributed by atoms with E-state index in [1.807, 2.05) is 31.2 Å². The quantitative estimate of drug-likeness (QED) is 0.211. The zero-order chi connectivity index (χ0) is 28.4. The minimum Gasteiger partial charge on any atom is -0.494 e. The second-order valence-corrected chi connectivity index (χ2v) is 9.10. The lowest BCUT2D eigenvalue weighted by atomic mass is 10.1. The number of aromatic nitrogens is 7. The van der Waals surface area contributed by atoms with Gasteiger partial charge in [-0.2, -0.15) is 4.80 Å². The zero-order valence-corrected chi connectivity index (χ0v) is 23.0. The van der Waals surface area contributed by atoms with Gasteiger partial charge in [0.2, 0.25) is 5.82 Å². The van der Waals surface area contributed by atoms with Crippen LogP contribution in [0.15, 0.2) is 58.6 Å². The molecule has 0 unspecified atom stereocenters. The third kappa shape index (κ3) is 5.03. The molecule has 0 atom stereocenters. The molecule has 0 radical (unpaired) electrons. The van der Waals surface area contributed by atoms with Crippen molar-refractivity contribution < 1.29 is 9.47 Å². The van der Waals surface area contributed by atoms with Gasteiger partial charge in [0.05, 0.1) is 37.2 Å². The number of ether oxygens (including phenoxy) is 2. The number of tetrazole rings is 1. The van der Waals surface area contributed by atoms with Gasteiger partial charge in [0.1, 0.15) is 22.9 Å². The maximum Gasteiger partial charge on any atom is 0.277 e. The third-order valence-corrected chi connectivity index (χ3v) is 6.50.